The number of hydrogen-bond donors (Lipinski definition) is 2. The fraction of sp³-hybridized carbons (Fsp3) is 0.423. The quantitative estimate of drug-likeness (QED) is 0.556. The zero-order valence-corrected chi connectivity index (χ0v) is 21.0. The van der Waals surface area contributed by atoms with Crippen LogP contribution in [-0.4, -0.2) is 56.8 Å². The normalized spacial score (nSPS) is 18.3. The van der Waals surface area contributed by atoms with Gasteiger partial charge < -0.3 is 15.1 Å². The number of fused-ring (bicyclic) bond motifs is 1. The maximum absolute atomic E-state index is 14.3. The first kappa shape index (κ1) is 24.7. The van der Waals surface area contributed by atoms with E-state index in [9.17, 15) is 17.2 Å². The molecule has 0 amide bonds. The smallest absolute Gasteiger partial charge is 0.233 e. The maximum atomic E-state index is 14.3. The Labute approximate surface area is 210 Å². The third kappa shape index (κ3) is 5.87. The van der Waals surface area contributed by atoms with E-state index in [1.807, 2.05) is 23.1 Å². The Hall–Kier alpha value is -2.98. The minimum atomic E-state index is -3.38. The number of allylic oxidation sites excluding steroid dienone is 4. The van der Waals surface area contributed by atoms with Crippen LogP contribution >= 0.6 is 0 Å². The summed E-state index contributed by atoms with van der Waals surface area (Å²) in [4.78, 5) is 8.76. The van der Waals surface area contributed by atoms with Crippen LogP contribution in [0, 0.1) is 11.6 Å². The molecule has 2 aromatic rings. The van der Waals surface area contributed by atoms with Gasteiger partial charge in [0.15, 0.2) is 0 Å². The van der Waals surface area contributed by atoms with Gasteiger partial charge in [-0.25, -0.2) is 22.2 Å². The molecular weight excluding hydrogens is 484 g/mol. The van der Waals surface area contributed by atoms with Crippen molar-refractivity contribution in [2.24, 2.45) is 0 Å². The maximum Gasteiger partial charge on any atom is 0.233 e. The molecule has 0 atom stereocenters. The summed E-state index contributed by atoms with van der Waals surface area (Å²) in [6.45, 7) is 4.05. The van der Waals surface area contributed by atoms with E-state index in [1.54, 1.807) is 6.20 Å². The standard InChI is InChI=1S/C26H31F2N5O2S/c27-22-5-8-24(28)21(15-22)18-33-12-9-29-26-25(33)16-20(17-30-26)19-3-6-23(7-4-19)31-36(34,35)14-13-32-10-1-2-11-32/h3,5-6,8,15-17,31H,1-2,4,7,9-14,18H2,(H,29,30). The Morgan fingerprint density at radius 1 is 1.06 bits per heavy atom. The van der Waals surface area contributed by atoms with Crippen LogP contribution < -0.4 is 14.9 Å². The lowest BCUT2D eigenvalue weighted by molar-refractivity contribution is 0.359. The number of anilines is 2. The molecule has 1 saturated heterocycles. The van der Waals surface area contributed by atoms with Crippen LogP contribution in [0.3, 0.4) is 0 Å². The van der Waals surface area contributed by atoms with Crippen LogP contribution in [0.5, 0.6) is 0 Å². The van der Waals surface area contributed by atoms with E-state index in [2.05, 4.69) is 19.9 Å². The molecule has 0 unspecified atom stereocenters. The predicted molar refractivity (Wildman–Crippen MR) is 138 cm³/mol. The molecule has 1 fully saturated rings. The van der Waals surface area contributed by atoms with Crippen molar-refractivity contribution in [1.29, 1.82) is 0 Å². The highest BCUT2D eigenvalue weighted by Crippen LogP contribution is 2.34. The number of halogens is 2. The molecule has 1 aliphatic carbocycles. The van der Waals surface area contributed by atoms with Gasteiger partial charge in [-0.15, -0.1) is 0 Å². The number of likely N-dealkylation sites (tertiary alicyclic amines) is 1. The molecule has 0 bridgehead atoms. The predicted octanol–water partition coefficient (Wildman–Crippen LogP) is 3.87. The number of benzene rings is 1. The van der Waals surface area contributed by atoms with Crippen molar-refractivity contribution >= 4 is 27.1 Å². The molecule has 7 nitrogen and oxygen atoms in total. The van der Waals surface area contributed by atoms with Crippen molar-refractivity contribution < 1.29 is 17.2 Å². The summed E-state index contributed by atoms with van der Waals surface area (Å²) in [5.74, 6) is -0.0867. The van der Waals surface area contributed by atoms with E-state index in [1.165, 1.54) is 6.07 Å². The van der Waals surface area contributed by atoms with Crippen LogP contribution in [-0.2, 0) is 16.6 Å². The molecule has 1 aromatic carbocycles. The summed E-state index contributed by atoms with van der Waals surface area (Å²) >= 11 is 0. The minimum absolute atomic E-state index is 0.102. The van der Waals surface area contributed by atoms with Crippen LogP contribution in [0.4, 0.5) is 20.3 Å². The molecule has 0 spiro atoms. The summed E-state index contributed by atoms with van der Waals surface area (Å²) in [6.07, 6.45) is 9.08. The van der Waals surface area contributed by atoms with Gasteiger partial charge in [0.1, 0.15) is 17.5 Å². The van der Waals surface area contributed by atoms with Crippen LogP contribution in [0.25, 0.3) is 5.57 Å². The van der Waals surface area contributed by atoms with E-state index in [0.29, 0.717) is 49.6 Å². The lowest BCUT2D eigenvalue weighted by Crippen LogP contribution is -2.34. The molecule has 2 aliphatic heterocycles. The van der Waals surface area contributed by atoms with Crippen LogP contribution in [0.2, 0.25) is 0 Å². The molecule has 10 heteroatoms. The van der Waals surface area contributed by atoms with Gasteiger partial charge in [0.05, 0.1) is 11.4 Å². The van der Waals surface area contributed by atoms with Crippen molar-refractivity contribution in [3.05, 3.63) is 71.1 Å². The first-order valence-electron chi connectivity index (χ1n) is 12.4. The number of aromatic nitrogens is 1. The zero-order chi connectivity index (χ0) is 25.1. The summed E-state index contributed by atoms with van der Waals surface area (Å²) in [5.41, 5.74) is 3.80. The van der Waals surface area contributed by atoms with Crippen molar-refractivity contribution in [2.45, 2.75) is 32.2 Å². The van der Waals surface area contributed by atoms with E-state index in [4.69, 9.17) is 0 Å². The number of pyridine rings is 1. The van der Waals surface area contributed by atoms with Gasteiger partial charge in [-0.1, -0.05) is 6.08 Å². The molecule has 36 heavy (non-hydrogen) atoms. The molecule has 3 heterocycles. The van der Waals surface area contributed by atoms with Crippen molar-refractivity contribution in [2.75, 3.05) is 48.7 Å². The van der Waals surface area contributed by atoms with E-state index in [0.717, 1.165) is 54.9 Å². The van der Waals surface area contributed by atoms with Gasteiger partial charge in [0, 0.05) is 43.6 Å². The lowest BCUT2D eigenvalue weighted by Gasteiger charge is -2.32. The average Bonchev–Trinajstić information content (AvgIpc) is 3.39. The van der Waals surface area contributed by atoms with E-state index in [-0.39, 0.29) is 12.3 Å². The van der Waals surface area contributed by atoms with E-state index >= 15 is 0 Å². The van der Waals surface area contributed by atoms with Crippen molar-refractivity contribution in [3.8, 4) is 0 Å². The fourth-order valence-electron chi connectivity index (χ4n) is 4.94. The first-order valence-corrected chi connectivity index (χ1v) is 14.1. The summed E-state index contributed by atoms with van der Waals surface area (Å²) < 4.78 is 55.7. The Balaban J connectivity index is 1.28. The molecule has 192 valence electrons. The van der Waals surface area contributed by atoms with Crippen LogP contribution in [0.1, 0.15) is 36.8 Å². The lowest BCUT2D eigenvalue weighted by atomic mass is 9.96. The fourth-order valence-corrected chi connectivity index (χ4v) is 6.11. The molecule has 2 N–H and O–H groups in total. The molecule has 3 aliphatic rings. The largest absolute Gasteiger partial charge is 0.367 e. The highest BCUT2D eigenvalue weighted by atomic mass is 32.2. The second-order valence-electron chi connectivity index (χ2n) is 9.53. The molecule has 5 rings (SSSR count). The van der Waals surface area contributed by atoms with Gasteiger partial charge >= 0.3 is 0 Å². The number of hydrogen-bond acceptors (Lipinski definition) is 6. The Bertz CT molecular complexity index is 1290. The second-order valence-corrected chi connectivity index (χ2v) is 11.4. The molecule has 0 saturated carbocycles. The summed E-state index contributed by atoms with van der Waals surface area (Å²) in [7, 11) is -3.38. The third-order valence-corrected chi connectivity index (χ3v) is 8.23. The number of sulfonamides is 1. The topological polar surface area (TPSA) is 77.6 Å². The minimum Gasteiger partial charge on any atom is -0.367 e. The highest BCUT2D eigenvalue weighted by Gasteiger charge is 2.22. The summed E-state index contributed by atoms with van der Waals surface area (Å²) in [6, 6.07) is 5.52. The molecule has 1 aromatic heterocycles. The Morgan fingerprint density at radius 2 is 1.89 bits per heavy atom. The van der Waals surface area contributed by atoms with Gasteiger partial charge in [0.2, 0.25) is 10.0 Å². The van der Waals surface area contributed by atoms with Gasteiger partial charge in [-0.2, -0.15) is 0 Å². The van der Waals surface area contributed by atoms with E-state index < -0.39 is 21.7 Å². The highest BCUT2D eigenvalue weighted by molar-refractivity contribution is 7.89. The zero-order valence-electron chi connectivity index (χ0n) is 20.1. The van der Waals surface area contributed by atoms with Crippen LogP contribution in [0.15, 0.2) is 48.3 Å². The second kappa shape index (κ2) is 10.6. The third-order valence-electron chi connectivity index (χ3n) is 6.93. The average molecular weight is 516 g/mol. The number of rotatable bonds is 8. The summed E-state index contributed by atoms with van der Waals surface area (Å²) in [5, 5.41) is 3.27. The molecular formula is C26H31F2N5O2S. The number of nitrogens with one attached hydrogen (secondary N) is 2. The van der Waals surface area contributed by atoms with Crippen molar-refractivity contribution in [3.63, 3.8) is 0 Å². The van der Waals surface area contributed by atoms with Crippen molar-refractivity contribution in [1.82, 2.24) is 14.6 Å². The molecule has 0 radical (unpaired) electrons. The monoisotopic (exact) mass is 515 g/mol. The SMILES string of the molecule is O=S(=O)(CCN1CCCC1)NC1=CC=C(c2cnc3c(c2)N(Cc2cc(F)ccc2F)CCN3)CC1. The number of nitrogens with zero attached hydrogens (tertiary/aromatic N) is 3. The first-order chi connectivity index (χ1) is 17.4. The van der Waals surface area contributed by atoms with Gasteiger partial charge in [-0.05, 0) is 80.3 Å². The van der Waals surface area contributed by atoms with Gasteiger partial charge in [0.25, 0.3) is 0 Å². The Morgan fingerprint density at radius 3 is 2.67 bits per heavy atom. The Kier molecular flexibility index (Phi) is 7.25. The van der Waals surface area contributed by atoms with Gasteiger partial charge in [-0.3, -0.25) is 4.72 Å².